The molecule has 0 unspecified atom stereocenters. The van der Waals surface area contributed by atoms with Gasteiger partial charge in [0.1, 0.15) is 0 Å². The molecule has 0 atom stereocenters. The standard InChI is InChI=1S/C14H21N3O2S/c1-10(2)12(17(18)19)9-13-11(3)15-14(20-13)16-7-5-4-6-8-16/h9-10H,4-8H2,1-3H3. The van der Waals surface area contributed by atoms with Gasteiger partial charge in [0.15, 0.2) is 5.13 Å². The summed E-state index contributed by atoms with van der Waals surface area (Å²) in [7, 11) is 0. The second-order valence-electron chi connectivity index (χ2n) is 5.47. The number of aryl methyl sites for hydroxylation is 1. The number of nitro groups is 1. The molecule has 1 aliphatic rings. The Morgan fingerprint density at radius 2 is 2.05 bits per heavy atom. The van der Waals surface area contributed by atoms with Crippen LogP contribution in [0, 0.1) is 23.0 Å². The van der Waals surface area contributed by atoms with Gasteiger partial charge in [0.2, 0.25) is 5.70 Å². The van der Waals surface area contributed by atoms with Crippen molar-refractivity contribution in [2.24, 2.45) is 5.92 Å². The van der Waals surface area contributed by atoms with Gasteiger partial charge in [0.25, 0.3) is 0 Å². The molecule has 1 fully saturated rings. The lowest BCUT2D eigenvalue weighted by Crippen LogP contribution is -2.29. The fourth-order valence-corrected chi connectivity index (χ4v) is 3.38. The Morgan fingerprint density at radius 3 is 2.60 bits per heavy atom. The molecular weight excluding hydrogens is 274 g/mol. The molecule has 1 aromatic heterocycles. The molecule has 1 aliphatic heterocycles. The largest absolute Gasteiger partial charge is 0.348 e. The van der Waals surface area contributed by atoms with Crippen LogP contribution >= 0.6 is 11.3 Å². The van der Waals surface area contributed by atoms with Gasteiger partial charge in [-0.25, -0.2) is 4.98 Å². The molecule has 0 radical (unpaired) electrons. The first-order valence-electron chi connectivity index (χ1n) is 7.07. The molecule has 0 saturated carbocycles. The summed E-state index contributed by atoms with van der Waals surface area (Å²) in [6.07, 6.45) is 5.38. The SMILES string of the molecule is Cc1nc(N2CCCCC2)sc1C=C(C(C)C)[N+](=O)[O-]. The summed E-state index contributed by atoms with van der Waals surface area (Å²) in [6.45, 7) is 7.70. The third-order valence-electron chi connectivity index (χ3n) is 3.53. The number of allylic oxidation sites excluding steroid dienone is 1. The number of piperidine rings is 1. The summed E-state index contributed by atoms with van der Waals surface area (Å²) in [5.41, 5.74) is 1.14. The monoisotopic (exact) mass is 295 g/mol. The fraction of sp³-hybridized carbons (Fsp3) is 0.643. The third-order valence-corrected chi connectivity index (χ3v) is 4.69. The van der Waals surface area contributed by atoms with E-state index in [1.165, 1.54) is 19.3 Å². The topological polar surface area (TPSA) is 59.3 Å². The van der Waals surface area contributed by atoms with E-state index in [4.69, 9.17) is 0 Å². The Labute approximate surface area is 123 Å². The molecule has 2 rings (SSSR count). The van der Waals surface area contributed by atoms with Crippen molar-refractivity contribution < 1.29 is 4.92 Å². The van der Waals surface area contributed by atoms with Crippen molar-refractivity contribution in [3.8, 4) is 0 Å². The van der Waals surface area contributed by atoms with E-state index < -0.39 is 0 Å². The molecule has 0 N–H and O–H groups in total. The maximum absolute atomic E-state index is 11.1. The minimum absolute atomic E-state index is 0.0927. The van der Waals surface area contributed by atoms with Crippen molar-refractivity contribution in [3.05, 3.63) is 26.4 Å². The van der Waals surface area contributed by atoms with E-state index in [0.717, 1.165) is 28.8 Å². The highest BCUT2D eigenvalue weighted by atomic mass is 32.1. The maximum Gasteiger partial charge on any atom is 0.250 e. The summed E-state index contributed by atoms with van der Waals surface area (Å²) >= 11 is 1.56. The van der Waals surface area contributed by atoms with Crippen LogP contribution in [-0.4, -0.2) is 23.0 Å². The Kier molecular flexibility index (Phi) is 4.75. The second-order valence-corrected chi connectivity index (χ2v) is 6.48. The molecule has 20 heavy (non-hydrogen) atoms. The lowest BCUT2D eigenvalue weighted by atomic mass is 10.1. The van der Waals surface area contributed by atoms with Gasteiger partial charge >= 0.3 is 0 Å². The molecule has 0 aliphatic carbocycles. The summed E-state index contributed by atoms with van der Waals surface area (Å²) < 4.78 is 0. The number of rotatable bonds is 4. The summed E-state index contributed by atoms with van der Waals surface area (Å²) in [5, 5.41) is 12.1. The minimum Gasteiger partial charge on any atom is -0.348 e. The lowest BCUT2D eigenvalue weighted by Gasteiger charge is -2.25. The normalized spacial score (nSPS) is 16.8. The zero-order chi connectivity index (χ0) is 14.7. The fourth-order valence-electron chi connectivity index (χ4n) is 2.31. The Hall–Kier alpha value is -1.43. The predicted octanol–water partition coefficient (Wildman–Crippen LogP) is 3.72. The van der Waals surface area contributed by atoms with E-state index >= 15 is 0 Å². The molecule has 6 heteroatoms. The molecule has 0 amide bonds. The number of nitrogens with zero attached hydrogens (tertiary/aromatic N) is 3. The number of hydrogen-bond donors (Lipinski definition) is 0. The van der Waals surface area contributed by atoms with Gasteiger partial charge in [-0.3, -0.25) is 10.1 Å². The first-order valence-corrected chi connectivity index (χ1v) is 7.89. The van der Waals surface area contributed by atoms with Crippen molar-refractivity contribution >= 4 is 22.5 Å². The zero-order valence-corrected chi connectivity index (χ0v) is 13.1. The van der Waals surface area contributed by atoms with E-state index in [-0.39, 0.29) is 16.5 Å². The number of hydrogen-bond acceptors (Lipinski definition) is 5. The lowest BCUT2D eigenvalue weighted by molar-refractivity contribution is -0.431. The van der Waals surface area contributed by atoms with Crippen molar-refractivity contribution in [2.75, 3.05) is 18.0 Å². The highest BCUT2D eigenvalue weighted by Gasteiger charge is 2.20. The first kappa shape index (κ1) is 15.0. The summed E-state index contributed by atoms with van der Waals surface area (Å²) in [5.74, 6) is -0.0927. The quantitative estimate of drug-likeness (QED) is 0.627. The van der Waals surface area contributed by atoms with Crippen LogP contribution in [0.15, 0.2) is 5.70 Å². The number of thiazole rings is 1. The Balaban J connectivity index is 2.26. The second kappa shape index (κ2) is 6.35. The predicted molar refractivity (Wildman–Crippen MR) is 82.7 cm³/mol. The van der Waals surface area contributed by atoms with Crippen LogP contribution in [0.1, 0.15) is 43.7 Å². The summed E-state index contributed by atoms with van der Waals surface area (Å²) in [6, 6.07) is 0. The molecular formula is C14H21N3O2S. The van der Waals surface area contributed by atoms with Gasteiger partial charge in [0.05, 0.1) is 15.5 Å². The van der Waals surface area contributed by atoms with Crippen LogP contribution in [0.2, 0.25) is 0 Å². The first-order chi connectivity index (χ1) is 9.49. The van der Waals surface area contributed by atoms with Crippen molar-refractivity contribution in [2.45, 2.75) is 40.0 Å². The minimum atomic E-state index is -0.287. The van der Waals surface area contributed by atoms with Crippen LogP contribution in [0.25, 0.3) is 6.08 Å². The molecule has 1 saturated heterocycles. The van der Waals surface area contributed by atoms with Crippen molar-refractivity contribution in [1.82, 2.24) is 4.98 Å². The van der Waals surface area contributed by atoms with Crippen LogP contribution in [0.5, 0.6) is 0 Å². The van der Waals surface area contributed by atoms with E-state index in [1.807, 2.05) is 20.8 Å². The molecule has 0 spiro atoms. The molecule has 2 heterocycles. The van der Waals surface area contributed by atoms with Gasteiger partial charge in [-0.15, -0.1) is 0 Å². The van der Waals surface area contributed by atoms with Crippen LogP contribution in [0.4, 0.5) is 5.13 Å². The van der Waals surface area contributed by atoms with E-state index in [1.54, 1.807) is 17.4 Å². The van der Waals surface area contributed by atoms with Crippen LogP contribution < -0.4 is 4.90 Å². The summed E-state index contributed by atoms with van der Waals surface area (Å²) in [4.78, 5) is 18.6. The molecule has 5 nitrogen and oxygen atoms in total. The number of aromatic nitrogens is 1. The number of anilines is 1. The smallest absolute Gasteiger partial charge is 0.250 e. The van der Waals surface area contributed by atoms with E-state index in [9.17, 15) is 10.1 Å². The molecule has 1 aromatic rings. The van der Waals surface area contributed by atoms with Gasteiger partial charge in [-0.05, 0) is 26.2 Å². The average Bonchev–Trinajstić information content (AvgIpc) is 2.77. The van der Waals surface area contributed by atoms with Gasteiger partial charge in [-0.1, -0.05) is 25.2 Å². The maximum atomic E-state index is 11.1. The molecule has 110 valence electrons. The Morgan fingerprint density at radius 1 is 1.40 bits per heavy atom. The molecule has 0 aromatic carbocycles. The third kappa shape index (κ3) is 3.36. The Bertz CT molecular complexity index is 516. The van der Waals surface area contributed by atoms with Gasteiger partial charge in [-0.2, -0.15) is 0 Å². The van der Waals surface area contributed by atoms with Crippen molar-refractivity contribution in [1.29, 1.82) is 0 Å². The van der Waals surface area contributed by atoms with Crippen LogP contribution in [0.3, 0.4) is 0 Å². The molecule has 0 bridgehead atoms. The van der Waals surface area contributed by atoms with Crippen LogP contribution in [-0.2, 0) is 0 Å². The van der Waals surface area contributed by atoms with Gasteiger partial charge in [0, 0.05) is 25.1 Å². The van der Waals surface area contributed by atoms with E-state index in [2.05, 4.69) is 9.88 Å². The van der Waals surface area contributed by atoms with Crippen molar-refractivity contribution in [3.63, 3.8) is 0 Å². The van der Waals surface area contributed by atoms with Gasteiger partial charge < -0.3 is 4.90 Å². The highest BCUT2D eigenvalue weighted by Crippen LogP contribution is 2.30. The highest BCUT2D eigenvalue weighted by molar-refractivity contribution is 7.16. The van der Waals surface area contributed by atoms with E-state index in [0.29, 0.717) is 0 Å². The average molecular weight is 295 g/mol. The zero-order valence-electron chi connectivity index (χ0n) is 12.3.